The number of piperidine rings is 1. The van der Waals surface area contributed by atoms with E-state index in [0.29, 0.717) is 17.0 Å². The number of aryl methyl sites for hydroxylation is 1. The Hall–Kier alpha value is -2.63. The van der Waals surface area contributed by atoms with E-state index in [0.717, 1.165) is 43.1 Å². The lowest BCUT2D eigenvalue weighted by Crippen LogP contribution is -3.12. The number of rotatable bonds is 5. The summed E-state index contributed by atoms with van der Waals surface area (Å²) in [7, 11) is 0. The second-order valence-corrected chi connectivity index (χ2v) is 8.07. The minimum absolute atomic E-state index is 0.103. The Morgan fingerprint density at radius 2 is 1.83 bits per heavy atom. The second-order valence-electron chi connectivity index (χ2n) is 7.63. The molecule has 0 radical (unpaired) electrons. The van der Waals surface area contributed by atoms with Gasteiger partial charge < -0.3 is 14.7 Å². The summed E-state index contributed by atoms with van der Waals surface area (Å²) in [6.45, 7) is 4.83. The zero-order valence-electron chi connectivity index (χ0n) is 16.5. The molecule has 2 aromatic carbocycles. The summed E-state index contributed by atoms with van der Waals surface area (Å²) in [6.07, 6.45) is 1.92. The zero-order valence-corrected chi connectivity index (χ0v) is 17.2. The molecule has 3 aromatic rings. The number of nitrogens with zero attached hydrogens (tertiary/aromatic N) is 1. The van der Waals surface area contributed by atoms with Gasteiger partial charge in [-0.2, -0.15) is 0 Å². The van der Waals surface area contributed by atoms with Crippen LogP contribution in [0.4, 0.5) is 0 Å². The first kappa shape index (κ1) is 19.7. The van der Waals surface area contributed by atoms with Gasteiger partial charge in [0, 0.05) is 35.0 Å². The maximum atomic E-state index is 13.0. The van der Waals surface area contributed by atoms with E-state index in [-0.39, 0.29) is 11.9 Å². The molecule has 6 heteroatoms. The van der Waals surface area contributed by atoms with E-state index in [1.54, 1.807) is 6.92 Å². The van der Waals surface area contributed by atoms with Gasteiger partial charge in [0.25, 0.3) is 5.91 Å². The lowest BCUT2D eigenvalue weighted by atomic mass is 10.0. The molecule has 4 rings (SSSR count). The molecule has 0 aliphatic carbocycles. The summed E-state index contributed by atoms with van der Waals surface area (Å²) < 4.78 is 5.33. The summed E-state index contributed by atoms with van der Waals surface area (Å²) in [4.78, 5) is 14.5. The molecule has 2 N–H and O–H groups in total. The number of amides is 1. The average molecular weight is 411 g/mol. The molecule has 1 aliphatic rings. The molecule has 0 unspecified atom stereocenters. The fourth-order valence-electron chi connectivity index (χ4n) is 3.93. The molecule has 150 valence electrons. The van der Waals surface area contributed by atoms with Crippen molar-refractivity contribution in [2.45, 2.75) is 32.4 Å². The number of carbonyl (C=O) groups excluding carboxylic acids is 1. The first-order valence-corrected chi connectivity index (χ1v) is 10.4. The van der Waals surface area contributed by atoms with Crippen LogP contribution in [0.3, 0.4) is 0 Å². The Balaban J connectivity index is 1.36. The number of benzene rings is 2. The fraction of sp³-hybridized carbons (Fsp3) is 0.304. The Bertz CT molecular complexity index is 962. The van der Waals surface area contributed by atoms with Gasteiger partial charge >= 0.3 is 0 Å². The van der Waals surface area contributed by atoms with Crippen molar-refractivity contribution in [2.24, 2.45) is 0 Å². The highest BCUT2D eigenvalue weighted by molar-refractivity contribution is 6.30. The molecule has 5 nitrogen and oxygen atoms in total. The van der Waals surface area contributed by atoms with Gasteiger partial charge in [-0.3, -0.25) is 4.79 Å². The molecule has 1 amide bonds. The van der Waals surface area contributed by atoms with Crippen LogP contribution < -0.4 is 10.2 Å². The third kappa shape index (κ3) is 4.69. The van der Waals surface area contributed by atoms with Crippen LogP contribution in [-0.4, -0.2) is 30.2 Å². The molecule has 1 aromatic heterocycles. The van der Waals surface area contributed by atoms with Crippen LogP contribution in [0, 0.1) is 6.92 Å². The van der Waals surface area contributed by atoms with Gasteiger partial charge in [-0.25, -0.2) is 0 Å². The van der Waals surface area contributed by atoms with Crippen LogP contribution in [0.1, 0.15) is 34.5 Å². The molecule has 2 heterocycles. The summed E-state index contributed by atoms with van der Waals surface area (Å²) in [5.41, 5.74) is 3.31. The molecular formula is C23H25ClN3O2+. The van der Waals surface area contributed by atoms with Crippen molar-refractivity contribution in [3.8, 4) is 11.3 Å². The molecular weight excluding hydrogens is 386 g/mol. The van der Waals surface area contributed by atoms with Gasteiger partial charge in [0.15, 0.2) is 0 Å². The van der Waals surface area contributed by atoms with E-state index in [9.17, 15) is 4.79 Å². The maximum Gasteiger partial charge on any atom is 0.257 e. The Labute approximate surface area is 175 Å². The van der Waals surface area contributed by atoms with Gasteiger partial charge in [0.2, 0.25) is 0 Å². The van der Waals surface area contributed by atoms with E-state index < -0.39 is 0 Å². The molecule has 0 atom stereocenters. The molecule has 1 aliphatic heterocycles. The SMILES string of the molecule is Cc1onc(-c2ccccc2)c1C(=O)NC1CC[NH+](Cc2ccc(Cl)cc2)CC1. The number of halogens is 1. The number of hydrogen-bond acceptors (Lipinski definition) is 3. The van der Waals surface area contributed by atoms with Crippen molar-refractivity contribution < 1.29 is 14.2 Å². The number of aromatic nitrogens is 1. The lowest BCUT2D eigenvalue weighted by Gasteiger charge is -2.29. The first-order valence-electron chi connectivity index (χ1n) is 10.0. The van der Waals surface area contributed by atoms with Crippen LogP contribution in [0.25, 0.3) is 11.3 Å². The summed E-state index contributed by atoms with van der Waals surface area (Å²) in [6, 6.07) is 17.9. The monoisotopic (exact) mass is 410 g/mol. The normalized spacial score (nSPS) is 19.1. The third-order valence-corrected chi connectivity index (χ3v) is 5.78. The highest BCUT2D eigenvalue weighted by atomic mass is 35.5. The van der Waals surface area contributed by atoms with E-state index in [4.69, 9.17) is 16.1 Å². The molecule has 29 heavy (non-hydrogen) atoms. The number of quaternary nitrogens is 1. The Kier molecular flexibility index (Phi) is 5.97. The quantitative estimate of drug-likeness (QED) is 0.678. The van der Waals surface area contributed by atoms with E-state index in [1.807, 2.05) is 42.5 Å². The van der Waals surface area contributed by atoms with Crippen LogP contribution in [0.5, 0.6) is 0 Å². The Morgan fingerprint density at radius 1 is 1.14 bits per heavy atom. The van der Waals surface area contributed by atoms with Crippen LogP contribution in [-0.2, 0) is 6.54 Å². The standard InChI is InChI=1S/C23H24ClN3O2/c1-16-21(22(26-29-16)18-5-3-2-4-6-18)23(28)25-20-11-13-27(14-12-20)15-17-7-9-19(24)10-8-17/h2-10,20H,11-15H2,1H3,(H,25,28)/p+1. The highest BCUT2D eigenvalue weighted by Gasteiger charge is 2.27. The molecule has 1 saturated heterocycles. The minimum atomic E-state index is -0.103. The van der Waals surface area contributed by atoms with Crippen molar-refractivity contribution in [1.82, 2.24) is 10.5 Å². The van der Waals surface area contributed by atoms with Crippen LogP contribution in [0.2, 0.25) is 5.02 Å². The van der Waals surface area contributed by atoms with Crippen LogP contribution in [0.15, 0.2) is 59.1 Å². The van der Waals surface area contributed by atoms with Crippen molar-refractivity contribution in [2.75, 3.05) is 13.1 Å². The molecule has 1 fully saturated rings. The maximum absolute atomic E-state index is 13.0. The largest absolute Gasteiger partial charge is 0.360 e. The van der Waals surface area contributed by atoms with Crippen molar-refractivity contribution in [3.63, 3.8) is 0 Å². The van der Waals surface area contributed by atoms with Gasteiger partial charge in [-0.1, -0.05) is 59.2 Å². The fourth-order valence-corrected chi connectivity index (χ4v) is 4.05. The number of hydrogen-bond donors (Lipinski definition) is 2. The smallest absolute Gasteiger partial charge is 0.257 e. The van der Waals surface area contributed by atoms with E-state index in [2.05, 4.69) is 22.6 Å². The number of carbonyl (C=O) groups is 1. The van der Waals surface area contributed by atoms with Crippen LogP contribution >= 0.6 is 11.6 Å². The van der Waals surface area contributed by atoms with Crippen molar-refractivity contribution in [3.05, 3.63) is 76.5 Å². The summed E-state index contributed by atoms with van der Waals surface area (Å²) in [5, 5.41) is 8.08. The Morgan fingerprint density at radius 3 is 2.52 bits per heavy atom. The summed E-state index contributed by atoms with van der Waals surface area (Å²) >= 11 is 5.97. The average Bonchev–Trinajstić information content (AvgIpc) is 3.13. The minimum Gasteiger partial charge on any atom is -0.360 e. The number of nitrogens with one attached hydrogen (secondary N) is 2. The van der Waals surface area contributed by atoms with E-state index in [1.165, 1.54) is 10.5 Å². The zero-order chi connectivity index (χ0) is 20.2. The molecule has 0 saturated carbocycles. The van der Waals surface area contributed by atoms with E-state index >= 15 is 0 Å². The van der Waals surface area contributed by atoms with Gasteiger partial charge in [0.05, 0.1) is 13.1 Å². The van der Waals surface area contributed by atoms with Crippen molar-refractivity contribution in [1.29, 1.82) is 0 Å². The van der Waals surface area contributed by atoms with Gasteiger partial charge in [-0.05, 0) is 19.1 Å². The molecule has 0 bridgehead atoms. The second kappa shape index (κ2) is 8.80. The topological polar surface area (TPSA) is 59.6 Å². The summed E-state index contributed by atoms with van der Waals surface area (Å²) in [5.74, 6) is 0.445. The number of likely N-dealkylation sites (tertiary alicyclic amines) is 1. The predicted octanol–water partition coefficient (Wildman–Crippen LogP) is 3.28. The highest BCUT2D eigenvalue weighted by Crippen LogP contribution is 2.25. The lowest BCUT2D eigenvalue weighted by molar-refractivity contribution is -0.918. The molecule has 0 spiro atoms. The predicted molar refractivity (Wildman–Crippen MR) is 113 cm³/mol. The van der Waals surface area contributed by atoms with Gasteiger partial charge in [0.1, 0.15) is 23.6 Å². The van der Waals surface area contributed by atoms with Crippen molar-refractivity contribution >= 4 is 17.5 Å². The van der Waals surface area contributed by atoms with Gasteiger partial charge in [-0.15, -0.1) is 0 Å². The third-order valence-electron chi connectivity index (χ3n) is 5.53. The first-order chi connectivity index (χ1) is 14.1.